The zero-order chi connectivity index (χ0) is 32.8. The molecule has 2 aromatic heterocycles. The lowest BCUT2D eigenvalue weighted by atomic mass is 9.85. The van der Waals surface area contributed by atoms with E-state index in [2.05, 4.69) is 152 Å². The van der Waals surface area contributed by atoms with Crippen LogP contribution in [0.2, 0.25) is 0 Å². The van der Waals surface area contributed by atoms with Gasteiger partial charge in [-0.15, -0.1) is 0 Å². The Hall–Kier alpha value is -6.64. The summed E-state index contributed by atoms with van der Waals surface area (Å²) < 4.78 is 12.8. The second-order valence-electron chi connectivity index (χ2n) is 13.2. The van der Waals surface area contributed by atoms with E-state index >= 15 is 0 Å². The average Bonchev–Trinajstić information content (AvgIpc) is 3.72. The van der Waals surface area contributed by atoms with Crippen LogP contribution in [0.4, 0.5) is 0 Å². The Kier molecular flexibility index (Phi) is 5.70. The van der Waals surface area contributed by atoms with E-state index in [0.717, 1.165) is 49.4 Å². The largest absolute Gasteiger partial charge is 0.456 e. The van der Waals surface area contributed by atoms with Gasteiger partial charge in [0, 0.05) is 21.5 Å². The molecule has 2 nitrogen and oxygen atoms in total. The fraction of sp³-hybridized carbons (Fsp3) is 0. The minimum atomic E-state index is 0.869. The van der Waals surface area contributed by atoms with Crippen molar-refractivity contribution in [1.29, 1.82) is 0 Å². The van der Waals surface area contributed by atoms with Crippen molar-refractivity contribution in [2.24, 2.45) is 0 Å². The Morgan fingerprint density at radius 3 is 1.32 bits per heavy atom. The minimum Gasteiger partial charge on any atom is -0.456 e. The highest BCUT2D eigenvalue weighted by molar-refractivity contribution is 6.22. The molecule has 0 radical (unpaired) electrons. The van der Waals surface area contributed by atoms with Gasteiger partial charge in [0.25, 0.3) is 0 Å². The molecule has 0 saturated carbocycles. The van der Waals surface area contributed by atoms with Crippen molar-refractivity contribution >= 4 is 76.2 Å². The van der Waals surface area contributed by atoms with Crippen LogP contribution in [0.15, 0.2) is 179 Å². The average molecular weight is 637 g/mol. The van der Waals surface area contributed by atoms with E-state index in [-0.39, 0.29) is 0 Å². The summed E-state index contributed by atoms with van der Waals surface area (Å²) in [6, 6.07) is 61.0. The van der Waals surface area contributed by atoms with Gasteiger partial charge in [-0.25, -0.2) is 0 Å². The van der Waals surface area contributed by atoms with Crippen LogP contribution >= 0.6 is 0 Å². The molecule has 11 rings (SSSR count). The molecule has 0 N–H and O–H groups in total. The van der Waals surface area contributed by atoms with E-state index in [1.54, 1.807) is 0 Å². The monoisotopic (exact) mass is 636 g/mol. The van der Waals surface area contributed by atoms with Crippen molar-refractivity contribution in [2.75, 3.05) is 0 Å². The molecular weight excluding hydrogens is 609 g/mol. The zero-order valence-electron chi connectivity index (χ0n) is 27.0. The molecule has 9 aromatic carbocycles. The van der Waals surface area contributed by atoms with Crippen molar-refractivity contribution < 1.29 is 8.83 Å². The van der Waals surface area contributed by atoms with Gasteiger partial charge in [0.15, 0.2) is 0 Å². The van der Waals surface area contributed by atoms with E-state index in [1.165, 1.54) is 60.1 Å². The van der Waals surface area contributed by atoms with E-state index in [4.69, 9.17) is 8.83 Å². The minimum absolute atomic E-state index is 0.869. The summed E-state index contributed by atoms with van der Waals surface area (Å²) in [6.07, 6.45) is 0. The van der Waals surface area contributed by atoms with Gasteiger partial charge in [0.2, 0.25) is 0 Å². The summed E-state index contributed by atoms with van der Waals surface area (Å²) in [6.45, 7) is 0. The van der Waals surface area contributed by atoms with Crippen LogP contribution < -0.4 is 0 Å². The lowest BCUT2D eigenvalue weighted by Crippen LogP contribution is -1.91. The second kappa shape index (κ2) is 10.4. The molecule has 0 unspecified atom stereocenters. The maximum atomic E-state index is 6.59. The Labute approximate surface area is 287 Å². The predicted molar refractivity (Wildman–Crippen MR) is 210 cm³/mol. The third kappa shape index (κ3) is 4.03. The van der Waals surface area contributed by atoms with Crippen LogP contribution in [-0.4, -0.2) is 0 Å². The van der Waals surface area contributed by atoms with Gasteiger partial charge in [-0.2, -0.15) is 0 Å². The van der Waals surface area contributed by atoms with Gasteiger partial charge in [-0.05, 0) is 108 Å². The molecule has 11 aromatic rings. The molecular formula is C48H28O2. The molecule has 0 atom stereocenters. The first kappa shape index (κ1) is 27.3. The lowest BCUT2D eigenvalue weighted by molar-refractivity contribution is 0.664. The summed E-state index contributed by atoms with van der Waals surface area (Å²) >= 11 is 0. The molecule has 0 aliphatic rings. The standard InChI is InChI=1S/C48H28O2/c1-2-10-29(11-3-1)30-18-19-32-25-33(21-20-31(32)24-30)47-37-13-4-6-15-39(37)48(40-16-7-5-14-38(40)47)34-22-23-36-42-28-45-41(27-46(42)50-44(36)26-34)35-12-8-9-17-43(35)49-45/h1-28H. The summed E-state index contributed by atoms with van der Waals surface area (Å²) in [7, 11) is 0. The Balaban J connectivity index is 1.10. The maximum Gasteiger partial charge on any atom is 0.136 e. The van der Waals surface area contributed by atoms with Gasteiger partial charge >= 0.3 is 0 Å². The number of para-hydroxylation sites is 1. The highest BCUT2D eigenvalue weighted by Crippen LogP contribution is 2.45. The van der Waals surface area contributed by atoms with Crippen LogP contribution in [-0.2, 0) is 0 Å². The first-order chi connectivity index (χ1) is 24.8. The van der Waals surface area contributed by atoms with E-state index in [0.29, 0.717) is 0 Å². The maximum absolute atomic E-state index is 6.59. The van der Waals surface area contributed by atoms with Gasteiger partial charge < -0.3 is 8.83 Å². The number of rotatable bonds is 3. The Morgan fingerprint density at radius 1 is 0.240 bits per heavy atom. The summed E-state index contributed by atoms with van der Waals surface area (Å²) in [5.41, 5.74) is 10.8. The molecule has 0 spiro atoms. The molecule has 0 aliphatic heterocycles. The molecule has 0 bridgehead atoms. The highest BCUT2D eigenvalue weighted by atomic mass is 16.3. The molecule has 50 heavy (non-hydrogen) atoms. The van der Waals surface area contributed by atoms with Crippen molar-refractivity contribution in [3.8, 4) is 33.4 Å². The van der Waals surface area contributed by atoms with Gasteiger partial charge in [0.05, 0.1) is 0 Å². The topological polar surface area (TPSA) is 26.3 Å². The molecule has 2 heterocycles. The lowest BCUT2D eigenvalue weighted by Gasteiger charge is -2.18. The fourth-order valence-electron chi connectivity index (χ4n) is 8.11. The quantitative estimate of drug-likeness (QED) is 0.180. The molecule has 0 saturated heterocycles. The molecule has 2 heteroatoms. The number of hydrogen-bond donors (Lipinski definition) is 0. The van der Waals surface area contributed by atoms with Gasteiger partial charge in [-0.3, -0.25) is 0 Å². The van der Waals surface area contributed by atoms with Crippen molar-refractivity contribution in [3.05, 3.63) is 170 Å². The first-order valence-corrected chi connectivity index (χ1v) is 17.1. The number of furan rings is 2. The number of benzene rings is 9. The number of fused-ring (bicyclic) bond motifs is 9. The van der Waals surface area contributed by atoms with Crippen LogP contribution in [0.25, 0.3) is 110 Å². The van der Waals surface area contributed by atoms with Crippen LogP contribution in [0.1, 0.15) is 0 Å². The first-order valence-electron chi connectivity index (χ1n) is 17.1. The van der Waals surface area contributed by atoms with Crippen molar-refractivity contribution in [3.63, 3.8) is 0 Å². The van der Waals surface area contributed by atoms with E-state index < -0.39 is 0 Å². The molecule has 0 amide bonds. The second-order valence-corrected chi connectivity index (χ2v) is 13.2. The Morgan fingerprint density at radius 2 is 0.680 bits per heavy atom. The summed E-state index contributed by atoms with van der Waals surface area (Å²) in [5, 5.41) is 11.7. The van der Waals surface area contributed by atoms with Crippen molar-refractivity contribution in [1.82, 2.24) is 0 Å². The van der Waals surface area contributed by atoms with Crippen LogP contribution in [0.5, 0.6) is 0 Å². The SMILES string of the molecule is c1ccc(-c2ccc3cc(-c4c5ccccc5c(-c5ccc6c(c5)oc5cc7c(cc56)oc5ccccc57)c5ccccc45)ccc3c2)cc1. The molecule has 0 fully saturated rings. The summed E-state index contributed by atoms with van der Waals surface area (Å²) in [5.74, 6) is 0. The van der Waals surface area contributed by atoms with Crippen LogP contribution in [0, 0.1) is 0 Å². The van der Waals surface area contributed by atoms with Crippen LogP contribution in [0.3, 0.4) is 0 Å². The molecule has 0 aliphatic carbocycles. The highest BCUT2D eigenvalue weighted by Gasteiger charge is 2.19. The van der Waals surface area contributed by atoms with E-state index in [9.17, 15) is 0 Å². The third-order valence-corrected chi connectivity index (χ3v) is 10.4. The molecule has 232 valence electrons. The smallest absolute Gasteiger partial charge is 0.136 e. The van der Waals surface area contributed by atoms with Crippen molar-refractivity contribution in [2.45, 2.75) is 0 Å². The normalized spacial score (nSPS) is 12.0. The predicted octanol–water partition coefficient (Wildman–Crippen LogP) is 13.9. The van der Waals surface area contributed by atoms with E-state index in [1.807, 2.05) is 18.2 Å². The van der Waals surface area contributed by atoms with Gasteiger partial charge in [0.1, 0.15) is 22.3 Å². The van der Waals surface area contributed by atoms with Gasteiger partial charge in [-0.1, -0.05) is 127 Å². The zero-order valence-corrected chi connectivity index (χ0v) is 27.0. The summed E-state index contributed by atoms with van der Waals surface area (Å²) in [4.78, 5) is 0. The number of hydrogen-bond acceptors (Lipinski definition) is 2. The fourth-order valence-corrected chi connectivity index (χ4v) is 8.11. The Bertz CT molecular complexity index is 3080. The third-order valence-electron chi connectivity index (χ3n) is 10.4.